The Balaban J connectivity index is 1.86. The van der Waals surface area contributed by atoms with Gasteiger partial charge < -0.3 is 20.4 Å². The van der Waals surface area contributed by atoms with Crippen LogP contribution in [0.25, 0.3) is 0 Å². The third-order valence-corrected chi connectivity index (χ3v) is 5.98. The maximum atomic E-state index is 9.29. The van der Waals surface area contributed by atoms with Gasteiger partial charge in [0.2, 0.25) is 0 Å². The van der Waals surface area contributed by atoms with Gasteiger partial charge in [-0.1, -0.05) is 0 Å². The molecular weight excluding hydrogens is 284 g/mol. The van der Waals surface area contributed by atoms with Crippen molar-refractivity contribution in [3.8, 4) is 0 Å². The van der Waals surface area contributed by atoms with Gasteiger partial charge in [0.1, 0.15) is 0 Å². The molecule has 2 saturated heterocycles. The van der Waals surface area contributed by atoms with Crippen LogP contribution in [0.5, 0.6) is 0 Å². The highest BCUT2D eigenvalue weighted by Gasteiger charge is 2.46. The Kier molecular flexibility index (Phi) is 6.61. The molecule has 6 nitrogen and oxygen atoms in total. The zero-order valence-electron chi connectivity index (χ0n) is 13.6. The molecule has 130 valence electrons. The molecule has 0 atom stereocenters. The van der Waals surface area contributed by atoms with Crippen molar-refractivity contribution < 1.29 is 20.4 Å². The highest BCUT2D eigenvalue weighted by molar-refractivity contribution is 5.02. The molecule has 0 amide bonds. The second-order valence-electron chi connectivity index (χ2n) is 6.82. The molecule has 0 aromatic heterocycles. The minimum atomic E-state index is -0.0228. The van der Waals surface area contributed by atoms with Crippen LogP contribution in [-0.2, 0) is 0 Å². The zero-order valence-corrected chi connectivity index (χ0v) is 13.6. The fraction of sp³-hybridized carbons (Fsp3) is 1.00. The normalized spacial score (nSPS) is 24.0. The summed E-state index contributed by atoms with van der Waals surface area (Å²) >= 11 is 0. The summed E-state index contributed by atoms with van der Waals surface area (Å²) < 4.78 is 0. The summed E-state index contributed by atoms with van der Waals surface area (Å²) in [6.07, 6.45) is 5.01. The monoisotopic (exact) mass is 316 g/mol. The summed E-state index contributed by atoms with van der Waals surface area (Å²) in [6, 6.07) is 0. The highest BCUT2D eigenvalue weighted by Crippen LogP contribution is 2.39. The smallest absolute Gasteiger partial charge is 0.0448 e. The summed E-state index contributed by atoms with van der Waals surface area (Å²) in [6.45, 7) is 4.58. The van der Waals surface area contributed by atoms with Crippen molar-refractivity contribution in [2.75, 3.05) is 52.6 Å². The van der Waals surface area contributed by atoms with Crippen LogP contribution < -0.4 is 0 Å². The molecule has 2 aliphatic heterocycles. The van der Waals surface area contributed by atoms with Crippen LogP contribution in [0.3, 0.4) is 0 Å². The molecule has 2 rings (SSSR count). The second kappa shape index (κ2) is 8.04. The molecule has 0 aliphatic carbocycles. The van der Waals surface area contributed by atoms with E-state index in [2.05, 4.69) is 9.80 Å². The molecular formula is C16H32N2O4. The minimum Gasteiger partial charge on any atom is -0.396 e. The van der Waals surface area contributed by atoms with Gasteiger partial charge >= 0.3 is 0 Å². The molecule has 0 aromatic rings. The largest absolute Gasteiger partial charge is 0.396 e. The van der Waals surface area contributed by atoms with E-state index in [0.29, 0.717) is 0 Å². The lowest BCUT2D eigenvalue weighted by Crippen LogP contribution is -2.66. The molecule has 2 aliphatic rings. The van der Waals surface area contributed by atoms with E-state index in [9.17, 15) is 20.4 Å². The summed E-state index contributed by atoms with van der Waals surface area (Å²) in [5, 5.41) is 37.2. The van der Waals surface area contributed by atoms with E-state index in [0.717, 1.165) is 64.7 Å². The highest BCUT2D eigenvalue weighted by atomic mass is 16.3. The Hall–Kier alpha value is -0.240. The molecule has 0 saturated carbocycles. The average Bonchev–Trinajstić information content (AvgIpc) is 2.48. The lowest BCUT2D eigenvalue weighted by atomic mass is 9.77. The topological polar surface area (TPSA) is 87.4 Å². The molecule has 0 unspecified atom stereocenters. The molecule has 0 aromatic carbocycles. The molecule has 2 fully saturated rings. The van der Waals surface area contributed by atoms with E-state index in [-0.39, 0.29) is 37.5 Å². The van der Waals surface area contributed by atoms with Gasteiger partial charge in [0.15, 0.2) is 0 Å². The molecule has 22 heavy (non-hydrogen) atoms. The van der Waals surface area contributed by atoms with Crippen LogP contribution in [0.4, 0.5) is 0 Å². The summed E-state index contributed by atoms with van der Waals surface area (Å²) in [5.41, 5.74) is -0.0457. The first-order valence-electron chi connectivity index (χ1n) is 8.60. The number of aliphatic hydroxyl groups is 4. The fourth-order valence-corrected chi connectivity index (χ4v) is 4.33. The average molecular weight is 316 g/mol. The van der Waals surface area contributed by atoms with Gasteiger partial charge in [0, 0.05) is 63.7 Å². The predicted molar refractivity (Wildman–Crippen MR) is 84.7 cm³/mol. The Bertz CT molecular complexity index is 296. The van der Waals surface area contributed by atoms with Crippen molar-refractivity contribution in [1.82, 2.24) is 9.80 Å². The number of hydrogen-bond donors (Lipinski definition) is 4. The lowest BCUT2D eigenvalue weighted by molar-refractivity contribution is -0.0844. The quantitative estimate of drug-likeness (QED) is 0.407. The summed E-state index contributed by atoms with van der Waals surface area (Å²) in [7, 11) is 0. The van der Waals surface area contributed by atoms with Crippen LogP contribution in [0, 0.1) is 0 Å². The van der Waals surface area contributed by atoms with E-state index < -0.39 is 0 Å². The number of rotatable bonds is 11. The van der Waals surface area contributed by atoms with Crippen LogP contribution >= 0.6 is 0 Å². The van der Waals surface area contributed by atoms with E-state index >= 15 is 0 Å². The van der Waals surface area contributed by atoms with E-state index in [1.165, 1.54) is 0 Å². The number of nitrogens with zero attached hydrogens (tertiary/aromatic N) is 2. The Morgan fingerprint density at radius 2 is 0.909 bits per heavy atom. The Labute approximate surface area is 133 Å². The van der Waals surface area contributed by atoms with Gasteiger partial charge in [-0.15, -0.1) is 0 Å². The lowest BCUT2D eigenvalue weighted by Gasteiger charge is -2.57. The van der Waals surface area contributed by atoms with E-state index in [1.54, 1.807) is 0 Å². The van der Waals surface area contributed by atoms with Crippen molar-refractivity contribution >= 4 is 0 Å². The van der Waals surface area contributed by atoms with Gasteiger partial charge in [-0.25, -0.2) is 0 Å². The first-order chi connectivity index (χ1) is 10.7. The number of aliphatic hydroxyl groups excluding tert-OH is 4. The molecule has 6 heteroatoms. The van der Waals surface area contributed by atoms with Gasteiger partial charge in [-0.3, -0.25) is 9.80 Å². The molecule has 0 radical (unpaired) electrons. The van der Waals surface area contributed by atoms with Gasteiger partial charge in [-0.2, -0.15) is 0 Å². The van der Waals surface area contributed by atoms with Crippen LogP contribution in [-0.4, -0.2) is 93.9 Å². The third-order valence-electron chi connectivity index (χ3n) is 5.98. The molecule has 2 heterocycles. The molecule has 4 N–H and O–H groups in total. The number of hydrogen-bond acceptors (Lipinski definition) is 6. The SMILES string of the molecule is OCCC1(CCO)CCN1CCN1CCC1(CCO)CCO. The standard InChI is InChI=1S/C16H32N2O4/c19-11-3-15(4-12-20)1-7-17(15)9-10-18-8-2-16(18,5-13-21)6-14-22/h19-22H,1-14H2. The van der Waals surface area contributed by atoms with E-state index in [4.69, 9.17) is 0 Å². The first kappa shape index (κ1) is 18.1. The summed E-state index contributed by atoms with van der Waals surface area (Å²) in [4.78, 5) is 4.78. The van der Waals surface area contributed by atoms with Crippen molar-refractivity contribution in [3.63, 3.8) is 0 Å². The van der Waals surface area contributed by atoms with Crippen LogP contribution in [0.1, 0.15) is 38.5 Å². The summed E-state index contributed by atoms with van der Waals surface area (Å²) in [5.74, 6) is 0. The second-order valence-corrected chi connectivity index (χ2v) is 6.82. The predicted octanol–water partition coefficient (Wildman–Crippen LogP) is -0.595. The van der Waals surface area contributed by atoms with Gasteiger partial charge in [-0.05, 0) is 38.5 Å². The van der Waals surface area contributed by atoms with Crippen molar-refractivity contribution in [2.45, 2.75) is 49.6 Å². The first-order valence-corrected chi connectivity index (χ1v) is 8.60. The maximum absolute atomic E-state index is 9.29. The zero-order chi connectivity index (χ0) is 16.1. The minimum absolute atomic E-state index is 0.0228. The van der Waals surface area contributed by atoms with Crippen LogP contribution in [0.15, 0.2) is 0 Å². The van der Waals surface area contributed by atoms with Crippen molar-refractivity contribution in [1.29, 1.82) is 0 Å². The number of likely N-dealkylation sites (tertiary alicyclic amines) is 2. The fourth-order valence-electron chi connectivity index (χ4n) is 4.33. The third kappa shape index (κ3) is 3.47. The Morgan fingerprint density at radius 3 is 1.09 bits per heavy atom. The van der Waals surface area contributed by atoms with Gasteiger partial charge in [0.05, 0.1) is 0 Å². The maximum Gasteiger partial charge on any atom is 0.0448 e. The molecule has 0 bridgehead atoms. The van der Waals surface area contributed by atoms with Crippen LogP contribution in [0.2, 0.25) is 0 Å². The molecule has 0 spiro atoms. The van der Waals surface area contributed by atoms with Gasteiger partial charge in [0.25, 0.3) is 0 Å². The van der Waals surface area contributed by atoms with E-state index in [1.807, 2.05) is 0 Å². The van der Waals surface area contributed by atoms with Crippen molar-refractivity contribution in [2.24, 2.45) is 0 Å². The van der Waals surface area contributed by atoms with Crippen molar-refractivity contribution in [3.05, 3.63) is 0 Å². The Morgan fingerprint density at radius 1 is 0.591 bits per heavy atom.